The number of methoxy groups -OCH3 is 1. The number of benzene rings is 1. The maximum absolute atomic E-state index is 12.4. The van der Waals surface area contributed by atoms with Crippen LogP contribution >= 0.6 is 23.8 Å². The van der Waals surface area contributed by atoms with Gasteiger partial charge in [0.15, 0.2) is 0 Å². The molecule has 0 unspecified atom stereocenters. The van der Waals surface area contributed by atoms with E-state index >= 15 is 0 Å². The summed E-state index contributed by atoms with van der Waals surface area (Å²) < 4.78 is 5.71. The average molecular weight is 323 g/mol. The van der Waals surface area contributed by atoms with Crippen LogP contribution in [0.25, 0.3) is 0 Å². The van der Waals surface area contributed by atoms with Gasteiger partial charge in [0.1, 0.15) is 10.4 Å². The van der Waals surface area contributed by atoms with Crippen molar-refractivity contribution in [1.29, 1.82) is 0 Å². The zero-order chi connectivity index (χ0) is 15.4. The number of nitrogens with one attached hydrogen (secondary N) is 1. The normalized spacial score (nSPS) is 10.2. The number of hydrogen-bond acceptors (Lipinski definition) is 3. The van der Waals surface area contributed by atoms with Crippen LogP contribution in [-0.2, 0) is 6.54 Å². The summed E-state index contributed by atoms with van der Waals surface area (Å²) in [7, 11) is 3.30. The number of ether oxygens (including phenoxy) is 1. The second-order valence-corrected chi connectivity index (χ2v) is 5.37. The quantitative estimate of drug-likeness (QED) is 0.873. The minimum atomic E-state index is -0.154. The van der Waals surface area contributed by atoms with Crippen LogP contribution in [0.4, 0.5) is 0 Å². The van der Waals surface area contributed by atoms with Gasteiger partial charge in [-0.15, -0.1) is 0 Å². The fraction of sp³-hybridized carbons (Fsp3) is 0.200. The number of carbonyl (C=O) groups is 1. The van der Waals surface area contributed by atoms with Gasteiger partial charge in [0.25, 0.3) is 5.91 Å². The van der Waals surface area contributed by atoms with Crippen LogP contribution in [0.3, 0.4) is 0 Å². The number of halogens is 1. The molecule has 0 aliphatic carbocycles. The van der Waals surface area contributed by atoms with E-state index in [2.05, 4.69) is 4.98 Å². The Morgan fingerprint density at radius 1 is 1.43 bits per heavy atom. The largest absolute Gasteiger partial charge is 0.496 e. The van der Waals surface area contributed by atoms with Gasteiger partial charge in [-0.25, -0.2) is 0 Å². The number of aromatic nitrogens is 1. The van der Waals surface area contributed by atoms with E-state index in [4.69, 9.17) is 28.6 Å². The summed E-state index contributed by atoms with van der Waals surface area (Å²) in [5.74, 6) is 0.538. The molecular formula is C15H15ClN2O2S. The number of H-pyrrole nitrogens is 1. The van der Waals surface area contributed by atoms with Crippen LogP contribution in [0.15, 0.2) is 36.5 Å². The molecule has 6 heteroatoms. The van der Waals surface area contributed by atoms with Crippen LogP contribution in [0.2, 0.25) is 5.02 Å². The Hall–Kier alpha value is -1.85. The van der Waals surface area contributed by atoms with E-state index in [0.29, 0.717) is 27.5 Å². The summed E-state index contributed by atoms with van der Waals surface area (Å²) >= 11 is 11.1. The second-order valence-electron chi connectivity index (χ2n) is 4.53. The van der Waals surface area contributed by atoms with Crippen molar-refractivity contribution < 1.29 is 9.53 Å². The molecule has 0 saturated heterocycles. The zero-order valence-electron chi connectivity index (χ0n) is 11.7. The first-order valence-electron chi connectivity index (χ1n) is 6.28. The first-order valence-corrected chi connectivity index (χ1v) is 7.07. The number of aromatic amines is 1. The van der Waals surface area contributed by atoms with Crippen molar-refractivity contribution in [2.75, 3.05) is 14.2 Å². The summed E-state index contributed by atoms with van der Waals surface area (Å²) in [4.78, 5) is 16.8. The van der Waals surface area contributed by atoms with E-state index in [-0.39, 0.29) is 5.91 Å². The first-order chi connectivity index (χ1) is 10.0. The molecule has 0 radical (unpaired) electrons. The van der Waals surface area contributed by atoms with E-state index < -0.39 is 0 Å². The lowest BCUT2D eigenvalue weighted by molar-refractivity contribution is 0.0783. The third-order valence-electron chi connectivity index (χ3n) is 3.05. The second kappa shape index (κ2) is 6.74. The molecule has 0 bridgehead atoms. The molecule has 110 valence electrons. The van der Waals surface area contributed by atoms with Crippen molar-refractivity contribution in [3.05, 3.63) is 57.3 Å². The lowest BCUT2D eigenvalue weighted by Gasteiger charge is -2.19. The minimum Gasteiger partial charge on any atom is -0.496 e. The van der Waals surface area contributed by atoms with Crippen LogP contribution in [0, 0.1) is 4.64 Å². The molecule has 0 aliphatic rings. The number of amides is 1. The van der Waals surface area contributed by atoms with E-state index in [0.717, 1.165) is 5.56 Å². The van der Waals surface area contributed by atoms with Gasteiger partial charge >= 0.3 is 0 Å². The van der Waals surface area contributed by atoms with Gasteiger partial charge in [-0.2, -0.15) is 0 Å². The summed E-state index contributed by atoms with van der Waals surface area (Å²) in [6.45, 7) is 0.381. The summed E-state index contributed by atoms with van der Waals surface area (Å²) in [5.41, 5.74) is 1.31. The maximum Gasteiger partial charge on any atom is 0.256 e. The molecule has 4 nitrogen and oxygen atoms in total. The molecule has 0 atom stereocenters. The minimum absolute atomic E-state index is 0.154. The molecule has 0 spiro atoms. The van der Waals surface area contributed by atoms with Crippen molar-refractivity contribution in [2.24, 2.45) is 0 Å². The van der Waals surface area contributed by atoms with E-state index in [1.807, 2.05) is 0 Å². The highest BCUT2D eigenvalue weighted by atomic mass is 35.5. The SMILES string of the molecule is COc1ccc(Cl)cc1CN(C)C(=O)c1ccc[nH]c1=S. The maximum atomic E-state index is 12.4. The van der Waals surface area contributed by atoms with Crippen molar-refractivity contribution in [3.63, 3.8) is 0 Å². The third-order valence-corrected chi connectivity index (χ3v) is 3.62. The van der Waals surface area contributed by atoms with Gasteiger partial charge in [0.2, 0.25) is 0 Å². The highest BCUT2D eigenvalue weighted by molar-refractivity contribution is 7.71. The van der Waals surface area contributed by atoms with Gasteiger partial charge in [0.05, 0.1) is 12.7 Å². The van der Waals surface area contributed by atoms with Gasteiger partial charge in [-0.1, -0.05) is 23.8 Å². The number of pyridine rings is 1. The molecular weight excluding hydrogens is 308 g/mol. The number of nitrogens with zero attached hydrogens (tertiary/aromatic N) is 1. The Balaban J connectivity index is 2.24. The Labute approximate surface area is 133 Å². The van der Waals surface area contributed by atoms with Crippen molar-refractivity contribution >= 4 is 29.7 Å². The molecule has 1 N–H and O–H groups in total. The lowest BCUT2D eigenvalue weighted by Crippen LogP contribution is -2.26. The van der Waals surface area contributed by atoms with Crippen LogP contribution < -0.4 is 4.74 Å². The van der Waals surface area contributed by atoms with Crippen molar-refractivity contribution in [2.45, 2.75) is 6.54 Å². The molecule has 2 rings (SSSR count). The van der Waals surface area contributed by atoms with Gasteiger partial charge in [-0.05, 0) is 30.3 Å². The van der Waals surface area contributed by atoms with Gasteiger partial charge in [-0.3, -0.25) is 4.79 Å². The van der Waals surface area contributed by atoms with Gasteiger partial charge < -0.3 is 14.6 Å². The molecule has 1 amide bonds. The number of rotatable bonds is 4. The standard InChI is InChI=1S/C15H15ClN2O2S/c1-18(15(19)12-4-3-7-17-14(12)21)9-10-8-11(16)5-6-13(10)20-2/h3-8H,9H2,1-2H3,(H,17,21). The van der Waals surface area contributed by atoms with Crippen LogP contribution in [-0.4, -0.2) is 29.9 Å². The Kier molecular flexibility index (Phi) is 4.98. The van der Waals surface area contributed by atoms with E-state index in [9.17, 15) is 4.79 Å². The van der Waals surface area contributed by atoms with Crippen LogP contribution in [0.5, 0.6) is 5.75 Å². The molecule has 1 aromatic heterocycles. The Morgan fingerprint density at radius 2 is 2.19 bits per heavy atom. The molecule has 0 aliphatic heterocycles. The zero-order valence-corrected chi connectivity index (χ0v) is 13.3. The average Bonchev–Trinajstić information content (AvgIpc) is 2.47. The fourth-order valence-electron chi connectivity index (χ4n) is 1.99. The molecule has 1 heterocycles. The topological polar surface area (TPSA) is 45.3 Å². The fourth-order valence-corrected chi connectivity index (χ4v) is 2.41. The summed E-state index contributed by atoms with van der Waals surface area (Å²) in [6.07, 6.45) is 1.69. The van der Waals surface area contributed by atoms with E-state index in [1.54, 1.807) is 55.6 Å². The predicted octanol–water partition coefficient (Wildman–Crippen LogP) is 3.68. The Bertz CT molecular complexity index is 715. The highest BCUT2D eigenvalue weighted by Crippen LogP contribution is 2.24. The molecule has 1 aromatic carbocycles. The highest BCUT2D eigenvalue weighted by Gasteiger charge is 2.15. The van der Waals surface area contributed by atoms with Gasteiger partial charge in [0, 0.05) is 30.4 Å². The first kappa shape index (κ1) is 15.5. The van der Waals surface area contributed by atoms with Crippen molar-refractivity contribution in [3.8, 4) is 5.75 Å². The molecule has 2 aromatic rings. The predicted molar refractivity (Wildman–Crippen MR) is 85.4 cm³/mol. The molecule has 21 heavy (non-hydrogen) atoms. The van der Waals surface area contributed by atoms with E-state index in [1.165, 1.54) is 0 Å². The number of carbonyl (C=O) groups excluding carboxylic acids is 1. The smallest absolute Gasteiger partial charge is 0.256 e. The Morgan fingerprint density at radius 3 is 2.86 bits per heavy atom. The number of hydrogen-bond donors (Lipinski definition) is 1. The third kappa shape index (κ3) is 3.62. The molecule has 0 fully saturated rings. The van der Waals surface area contributed by atoms with Crippen LogP contribution in [0.1, 0.15) is 15.9 Å². The monoisotopic (exact) mass is 322 g/mol. The van der Waals surface area contributed by atoms with Crippen molar-refractivity contribution in [1.82, 2.24) is 9.88 Å². The lowest BCUT2D eigenvalue weighted by atomic mass is 10.1. The summed E-state index contributed by atoms with van der Waals surface area (Å²) in [5, 5.41) is 0.601. The molecule has 0 saturated carbocycles. The summed E-state index contributed by atoms with van der Waals surface area (Å²) in [6, 6.07) is 8.77.